The lowest BCUT2D eigenvalue weighted by Crippen LogP contribution is -2.12. The fraction of sp³-hybridized carbons (Fsp3) is 0.148. The molecule has 204 valence electrons. The Morgan fingerprint density at radius 1 is 0.750 bits per heavy atom. The van der Waals surface area contributed by atoms with Crippen LogP contribution in [0.3, 0.4) is 0 Å². The summed E-state index contributed by atoms with van der Waals surface area (Å²) in [5.74, 6) is -1.12. The molecule has 2 aromatic carbocycles. The van der Waals surface area contributed by atoms with Crippen LogP contribution in [0.4, 0.5) is 26.3 Å². The molecule has 3 aromatic heterocycles. The molecule has 3 heterocycles. The van der Waals surface area contributed by atoms with E-state index >= 15 is 0 Å². The summed E-state index contributed by atoms with van der Waals surface area (Å²) in [6.45, 7) is 0.312. The van der Waals surface area contributed by atoms with Crippen molar-refractivity contribution in [3.8, 4) is 28.2 Å². The van der Waals surface area contributed by atoms with E-state index in [9.17, 15) is 26.3 Å². The van der Waals surface area contributed by atoms with Gasteiger partial charge in [-0.1, -0.05) is 36.4 Å². The number of halogens is 6. The summed E-state index contributed by atoms with van der Waals surface area (Å²) in [7, 11) is 0. The van der Waals surface area contributed by atoms with Crippen molar-refractivity contribution >= 4 is 0 Å². The van der Waals surface area contributed by atoms with E-state index in [2.05, 4.69) is 24.9 Å². The Labute approximate surface area is 223 Å². The van der Waals surface area contributed by atoms with Crippen LogP contribution in [0.15, 0.2) is 79.5 Å². The Bertz CT molecular complexity index is 1630. The van der Waals surface area contributed by atoms with Gasteiger partial charge in [0.2, 0.25) is 5.82 Å². The minimum atomic E-state index is -4.70. The van der Waals surface area contributed by atoms with Gasteiger partial charge in [0, 0.05) is 36.3 Å². The molecule has 0 saturated heterocycles. The summed E-state index contributed by atoms with van der Waals surface area (Å²) in [5, 5.41) is 0. The molecule has 0 saturated carbocycles. The average Bonchev–Trinajstić information content (AvgIpc) is 3.38. The molecule has 0 bridgehead atoms. The van der Waals surface area contributed by atoms with Crippen LogP contribution in [0.1, 0.15) is 28.5 Å². The van der Waals surface area contributed by atoms with Crippen LogP contribution in [0.25, 0.3) is 28.2 Å². The Hall–Kier alpha value is -4.65. The third-order valence-electron chi connectivity index (χ3n) is 5.98. The first-order valence-corrected chi connectivity index (χ1v) is 11.8. The van der Waals surface area contributed by atoms with Crippen LogP contribution < -0.4 is 5.73 Å². The van der Waals surface area contributed by atoms with Crippen molar-refractivity contribution in [2.24, 2.45) is 5.73 Å². The van der Waals surface area contributed by atoms with Crippen molar-refractivity contribution in [1.29, 1.82) is 0 Å². The van der Waals surface area contributed by atoms with Crippen LogP contribution in [0, 0.1) is 0 Å². The molecule has 13 heteroatoms. The first kappa shape index (κ1) is 26.9. The number of para-hydroxylation sites is 1. The zero-order valence-electron chi connectivity index (χ0n) is 20.4. The van der Waals surface area contributed by atoms with Gasteiger partial charge in [-0.15, -0.1) is 0 Å². The van der Waals surface area contributed by atoms with E-state index in [1.807, 2.05) is 0 Å². The van der Waals surface area contributed by atoms with Gasteiger partial charge in [0.15, 0.2) is 0 Å². The molecule has 0 atom stereocenters. The van der Waals surface area contributed by atoms with Crippen LogP contribution in [0.5, 0.6) is 0 Å². The predicted octanol–water partition coefficient (Wildman–Crippen LogP) is 5.87. The van der Waals surface area contributed by atoms with E-state index in [0.29, 0.717) is 29.1 Å². The zero-order chi connectivity index (χ0) is 28.5. The molecule has 0 spiro atoms. The monoisotopic (exact) mass is 555 g/mol. The van der Waals surface area contributed by atoms with E-state index in [4.69, 9.17) is 5.73 Å². The summed E-state index contributed by atoms with van der Waals surface area (Å²) in [5.41, 5.74) is 7.24. The largest absolute Gasteiger partial charge is 0.451 e. The van der Waals surface area contributed by atoms with Crippen molar-refractivity contribution in [3.05, 3.63) is 108 Å². The quantitative estimate of drug-likeness (QED) is 0.263. The van der Waals surface area contributed by atoms with E-state index < -0.39 is 23.7 Å². The van der Waals surface area contributed by atoms with Crippen molar-refractivity contribution in [2.75, 3.05) is 0 Å². The number of imidazole rings is 1. The molecule has 5 rings (SSSR count). The molecule has 0 unspecified atom stereocenters. The Balaban J connectivity index is 1.58. The van der Waals surface area contributed by atoms with Crippen LogP contribution in [-0.4, -0.2) is 29.5 Å². The van der Waals surface area contributed by atoms with Gasteiger partial charge in [-0.3, -0.25) is 4.57 Å². The van der Waals surface area contributed by atoms with Gasteiger partial charge < -0.3 is 5.73 Å². The van der Waals surface area contributed by atoms with Gasteiger partial charge in [-0.25, -0.2) is 24.9 Å². The van der Waals surface area contributed by atoms with Gasteiger partial charge in [0.1, 0.15) is 12.2 Å². The van der Waals surface area contributed by atoms with Crippen LogP contribution in [0.2, 0.25) is 0 Å². The highest BCUT2D eigenvalue weighted by Crippen LogP contribution is 2.38. The molecule has 40 heavy (non-hydrogen) atoms. The average molecular weight is 555 g/mol. The maximum absolute atomic E-state index is 13.9. The molecule has 0 aliphatic rings. The fourth-order valence-corrected chi connectivity index (χ4v) is 4.10. The molecule has 0 fully saturated rings. The maximum atomic E-state index is 13.9. The third-order valence-corrected chi connectivity index (χ3v) is 5.98. The smallest absolute Gasteiger partial charge is 0.326 e. The maximum Gasteiger partial charge on any atom is 0.451 e. The number of hydrogen-bond donors (Lipinski definition) is 1. The first-order chi connectivity index (χ1) is 19.0. The predicted molar refractivity (Wildman–Crippen MR) is 133 cm³/mol. The molecule has 0 amide bonds. The SMILES string of the molecule is NCc1ccc(-c2ncn(-c3ccccc3C(F)(F)F)c2-c2cnc(Cc3ccnc(C(F)(F)F)n3)nc2)cc1. The van der Waals surface area contributed by atoms with E-state index in [0.717, 1.165) is 17.8 Å². The van der Waals surface area contributed by atoms with Crippen molar-refractivity contribution in [3.63, 3.8) is 0 Å². The van der Waals surface area contributed by atoms with E-state index in [1.54, 1.807) is 24.3 Å². The third kappa shape index (κ3) is 5.54. The number of aromatic nitrogens is 6. The van der Waals surface area contributed by atoms with Gasteiger partial charge >= 0.3 is 12.4 Å². The summed E-state index contributed by atoms with van der Waals surface area (Å²) >= 11 is 0. The number of nitrogens with two attached hydrogens (primary N) is 1. The lowest BCUT2D eigenvalue weighted by molar-refractivity contribution is -0.145. The summed E-state index contributed by atoms with van der Waals surface area (Å²) in [6, 6.07) is 13.5. The Morgan fingerprint density at radius 3 is 2.10 bits per heavy atom. The molecular weight excluding hydrogens is 536 g/mol. The van der Waals surface area contributed by atoms with Gasteiger partial charge in [-0.05, 0) is 23.8 Å². The lowest BCUT2D eigenvalue weighted by Gasteiger charge is -2.16. The number of nitrogens with zero attached hydrogens (tertiary/aromatic N) is 6. The van der Waals surface area contributed by atoms with E-state index in [1.165, 1.54) is 47.6 Å². The second kappa shape index (κ2) is 10.5. The van der Waals surface area contributed by atoms with Crippen LogP contribution >= 0.6 is 0 Å². The summed E-state index contributed by atoms with van der Waals surface area (Å²) < 4.78 is 81.9. The topological polar surface area (TPSA) is 95.4 Å². The first-order valence-electron chi connectivity index (χ1n) is 11.8. The second-order valence-corrected chi connectivity index (χ2v) is 8.66. The lowest BCUT2D eigenvalue weighted by atomic mass is 10.0. The Kier molecular flexibility index (Phi) is 7.06. The fourth-order valence-electron chi connectivity index (χ4n) is 4.10. The minimum absolute atomic E-state index is 0.0555. The van der Waals surface area contributed by atoms with Crippen molar-refractivity contribution < 1.29 is 26.3 Å². The van der Waals surface area contributed by atoms with Gasteiger partial charge in [-0.2, -0.15) is 26.3 Å². The van der Waals surface area contributed by atoms with E-state index in [-0.39, 0.29) is 23.6 Å². The van der Waals surface area contributed by atoms with Crippen molar-refractivity contribution in [1.82, 2.24) is 29.5 Å². The molecule has 5 aromatic rings. The molecular formula is C27H19F6N7. The Morgan fingerprint density at radius 2 is 1.45 bits per heavy atom. The molecule has 2 N–H and O–H groups in total. The zero-order valence-corrected chi connectivity index (χ0v) is 20.4. The second-order valence-electron chi connectivity index (χ2n) is 8.66. The molecule has 0 aliphatic carbocycles. The van der Waals surface area contributed by atoms with Crippen LogP contribution in [-0.2, 0) is 25.3 Å². The number of rotatable bonds is 6. The number of hydrogen-bond acceptors (Lipinski definition) is 6. The molecule has 0 radical (unpaired) electrons. The molecule has 0 aliphatic heterocycles. The standard InChI is InChI=1S/C27H19F6N7/c28-26(29,30)20-3-1-2-4-21(20)40-15-38-23(17-7-5-16(12-34)6-8-17)24(40)18-13-36-22(37-14-18)11-19-9-10-35-25(39-19)27(31,32)33/h1-10,13-15H,11-12,34H2. The van der Waals surface area contributed by atoms with Gasteiger partial charge in [0.05, 0.1) is 34.8 Å². The highest BCUT2D eigenvalue weighted by molar-refractivity contribution is 5.79. The number of alkyl halides is 6. The summed E-state index contributed by atoms with van der Waals surface area (Å²) in [4.78, 5) is 19.7. The van der Waals surface area contributed by atoms with Gasteiger partial charge in [0.25, 0.3) is 0 Å². The normalized spacial score (nSPS) is 12.1. The highest BCUT2D eigenvalue weighted by Gasteiger charge is 2.35. The molecule has 7 nitrogen and oxygen atoms in total. The number of benzene rings is 2. The van der Waals surface area contributed by atoms with Crippen molar-refractivity contribution in [2.45, 2.75) is 25.3 Å². The highest BCUT2D eigenvalue weighted by atomic mass is 19.4. The summed E-state index contributed by atoms with van der Waals surface area (Å²) in [6.07, 6.45) is -4.39. The minimum Gasteiger partial charge on any atom is -0.326 e.